The maximum atomic E-state index is 10.9. The Hall–Kier alpha value is -2.03. The zero-order chi connectivity index (χ0) is 15.3. The Labute approximate surface area is 120 Å². The number of carbonyl (C=O) groups is 1. The second-order valence-electron chi connectivity index (χ2n) is 5.78. The molecular weight excluding hydrogens is 252 g/mol. The average molecular weight is 274 g/mol. The van der Waals surface area contributed by atoms with Crippen LogP contribution >= 0.6 is 0 Å². The van der Waals surface area contributed by atoms with Crippen LogP contribution in [0.4, 0.5) is 0 Å². The molecule has 0 spiro atoms. The molecule has 1 N–H and O–H groups in total. The molecule has 0 amide bonds. The Balaban J connectivity index is 2.97. The molecule has 0 aliphatic rings. The molecule has 20 heavy (non-hydrogen) atoms. The van der Waals surface area contributed by atoms with Gasteiger partial charge in [-0.2, -0.15) is 0 Å². The third-order valence-electron chi connectivity index (χ3n) is 2.96. The lowest BCUT2D eigenvalue weighted by atomic mass is 9.86. The number of allylic oxidation sites excluding steroid dienone is 2. The summed E-state index contributed by atoms with van der Waals surface area (Å²) in [6.45, 7) is 8.36. The zero-order valence-corrected chi connectivity index (χ0v) is 12.7. The van der Waals surface area contributed by atoms with E-state index in [2.05, 4.69) is 32.9 Å². The monoisotopic (exact) mass is 274 g/mol. The van der Waals surface area contributed by atoms with Crippen molar-refractivity contribution in [2.24, 2.45) is 0 Å². The summed E-state index contributed by atoms with van der Waals surface area (Å²) in [5, 5.41) is 8.89. The minimum atomic E-state index is -1.07. The van der Waals surface area contributed by atoms with Gasteiger partial charge in [-0.1, -0.05) is 51.1 Å². The van der Waals surface area contributed by atoms with Gasteiger partial charge in [-0.05, 0) is 35.1 Å². The van der Waals surface area contributed by atoms with Crippen LogP contribution in [-0.2, 0) is 14.9 Å². The number of hydrogen-bond acceptors (Lipinski definition) is 2. The molecule has 0 aromatic heterocycles. The molecule has 0 saturated heterocycles. The second kappa shape index (κ2) is 6.42. The molecule has 3 heteroatoms. The predicted molar refractivity (Wildman–Crippen MR) is 81.5 cm³/mol. The van der Waals surface area contributed by atoms with Crippen LogP contribution in [0.5, 0.6) is 0 Å². The summed E-state index contributed by atoms with van der Waals surface area (Å²) < 4.78 is 4.80. The van der Waals surface area contributed by atoms with Gasteiger partial charge in [0.15, 0.2) is 0 Å². The molecule has 0 heterocycles. The Kier molecular flexibility index (Phi) is 5.14. The van der Waals surface area contributed by atoms with Crippen LogP contribution in [0.15, 0.2) is 41.7 Å². The quantitative estimate of drug-likeness (QED) is 0.513. The van der Waals surface area contributed by atoms with Gasteiger partial charge in [0.25, 0.3) is 0 Å². The highest BCUT2D eigenvalue weighted by Crippen LogP contribution is 2.22. The molecule has 0 atom stereocenters. The van der Waals surface area contributed by atoms with Crippen LogP contribution in [0.1, 0.15) is 38.8 Å². The molecule has 0 aliphatic heterocycles. The molecule has 0 aliphatic carbocycles. The first-order valence-electron chi connectivity index (χ1n) is 6.52. The third kappa shape index (κ3) is 4.57. The van der Waals surface area contributed by atoms with E-state index < -0.39 is 5.97 Å². The number of carboxylic acid groups (broad SMARTS) is 1. The first-order valence-corrected chi connectivity index (χ1v) is 6.52. The van der Waals surface area contributed by atoms with E-state index in [1.165, 1.54) is 18.7 Å². The summed E-state index contributed by atoms with van der Waals surface area (Å²) >= 11 is 0. The number of methoxy groups -OCH3 is 1. The number of aliphatic carboxylic acids is 1. The fourth-order valence-electron chi connectivity index (χ4n) is 1.80. The van der Waals surface area contributed by atoms with Crippen molar-refractivity contribution >= 4 is 12.0 Å². The van der Waals surface area contributed by atoms with Gasteiger partial charge in [-0.25, -0.2) is 4.79 Å². The summed E-state index contributed by atoms with van der Waals surface area (Å²) in [4.78, 5) is 10.9. The smallest absolute Gasteiger partial charge is 0.371 e. The molecule has 0 saturated carbocycles. The summed E-state index contributed by atoms with van der Waals surface area (Å²) in [5.41, 5.74) is 3.26. The first kappa shape index (κ1) is 16.0. The molecule has 0 bridgehead atoms. The minimum absolute atomic E-state index is 0.0648. The van der Waals surface area contributed by atoms with E-state index in [0.717, 1.165) is 11.1 Å². The van der Waals surface area contributed by atoms with Gasteiger partial charge in [-0.3, -0.25) is 0 Å². The molecule has 3 nitrogen and oxygen atoms in total. The molecule has 1 aromatic carbocycles. The number of ether oxygens (including phenoxy) is 1. The van der Waals surface area contributed by atoms with Gasteiger partial charge >= 0.3 is 5.97 Å². The second-order valence-corrected chi connectivity index (χ2v) is 5.78. The van der Waals surface area contributed by atoms with Gasteiger partial charge in [0.05, 0.1) is 7.11 Å². The summed E-state index contributed by atoms with van der Waals surface area (Å²) in [6.07, 6.45) is 3.44. The van der Waals surface area contributed by atoms with Crippen molar-refractivity contribution in [3.05, 3.63) is 52.8 Å². The third-order valence-corrected chi connectivity index (χ3v) is 2.96. The van der Waals surface area contributed by atoms with Crippen molar-refractivity contribution < 1.29 is 14.6 Å². The average Bonchev–Trinajstić information content (AvgIpc) is 2.35. The lowest BCUT2D eigenvalue weighted by Crippen LogP contribution is -2.10. The molecule has 0 radical (unpaired) electrons. The molecule has 1 rings (SSSR count). The van der Waals surface area contributed by atoms with E-state index in [0.29, 0.717) is 0 Å². The normalized spacial score (nSPS) is 13.2. The highest BCUT2D eigenvalue weighted by Gasteiger charge is 2.12. The van der Waals surface area contributed by atoms with Crippen molar-refractivity contribution in [1.82, 2.24) is 0 Å². The minimum Gasteiger partial charge on any atom is -0.490 e. The Morgan fingerprint density at radius 1 is 1.20 bits per heavy atom. The van der Waals surface area contributed by atoms with Crippen LogP contribution in [0.2, 0.25) is 0 Å². The Bertz CT molecular complexity index is 528. The lowest BCUT2D eigenvalue weighted by molar-refractivity contribution is -0.136. The van der Waals surface area contributed by atoms with Gasteiger partial charge in [0.1, 0.15) is 0 Å². The van der Waals surface area contributed by atoms with Crippen molar-refractivity contribution in [2.75, 3.05) is 7.11 Å². The molecule has 1 aromatic rings. The van der Waals surface area contributed by atoms with E-state index in [-0.39, 0.29) is 11.2 Å². The van der Waals surface area contributed by atoms with Crippen LogP contribution in [-0.4, -0.2) is 18.2 Å². The van der Waals surface area contributed by atoms with Crippen molar-refractivity contribution in [1.29, 1.82) is 0 Å². The lowest BCUT2D eigenvalue weighted by Gasteiger charge is -2.18. The largest absolute Gasteiger partial charge is 0.490 e. The van der Waals surface area contributed by atoms with E-state index in [4.69, 9.17) is 9.84 Å². The van der Waals surface area contributed by atoms with E-state index in [1.807, 2.05) is 25.1 Å². The molecule has 0 fully saturated rings. The fraction of sp³-hybridized carbons (Fsp3) is 0.353. The Morgan fingerprint density at radius 3 is 2.15 bits per heavy atom. The van der Waals surface area contributed by atoms with Crippen molar-refractivity contribution in [3.8, 4) is 0 Å². The number of carboxylic acids is 1. The van der Waals surface area contributed by atoms with Crippen LogP contribution in [0.3, 0.4) is 0 Å². The summed E-state index contributed by atoms with van der Waals surface area (Å²) in [6, 6.07) is 8.25. The number of benzene rings is 1. The maximum Gasteiger partial charge on any atom is 0.371 e. The maximum absolute atomic E-state index is 10.9. The number of hydrogen-bond donors (Lipinski definition) is 1. The zero-order valence-electron chi connectivity index (χ0n) is 12.7. The summed E-state index contributed by atoms with van der Waals surface area (Å²) in [7, 11) is 1.35. The Morgan fingerprint density at radius 2 is 1.75 bits per heavy atom. The van der Waals surface area contributed by atoms with Gasteiger partial charge < -0.3 is 9.84 Å². The van der Waals surface area contributed by atoms with E-state index >= 15 is 0 Å². The van der Waals surface area contributed by atoms with Gasteiger partial charge in [-0.15, -0.1) is 0 Å². The molecule has 108 valence electrons. The van der Waals surface area contributed by atoms with Crippen molar-refractivity contribution in [3.63, 3.8) is 0 Å². The predicted octanol–water partition coefficient (Wildman–Crippen LogP) is 4.00. The molecular formula is C17H22O3. The molecule has 0 unspecified atom stereocenters. The van der Waals surface area contributed by atoms with Crippen LogP contribution < -0.4 is 0 Å². The van der Waals surface area contributed by atoms with Gasteiger partial charge in [0.2, 0.25) is 5.76 Å². The van der Waals surface area contributed by atoms with Crippen molar-refractivity contribution in [2.45, 2.75) is 33.1 Å². The van der Waals surface area contributed by atoms with Crippen LogP contribution in [0, 0.1) is 0 Å². The first-order chi connectivity index (χ1) is 9.24. The summed E-state index contributed by atoms with van der Waals surface area (Å²) in [5.74, 6) is -1.13. The SMILES string of the molecule is CO/C(=C\C(C)=C\c1ccc(C(C)(C)C)cc1)C(=O)O. The highest BCUT2D eigenvalue weighted by molar-refractivity contribution is 5.85. The van der Waals surface area contributed by atoms with Crippen LogP contribution in [0.25, 0.3) is 6.08 Å². The highest BCUT2D eigenvalue weighted by atomic mass is 16.5. The topological polar surface area (TPSA) is 46.5 Å². The van der Waals surface area contributed by atoms with E-state index in [1.54, 1.807) is 0 Å². The fourth-order valence-corrected chi connectivity index (χ4v) is 1.80. The van der Waals surface area contributed by atoms with E-state index in [9.17, 15) is 4.79 Å². The standard InChI is InChI=1S/C17H22O3/c1-12(11-15(20-5)16(18)19)10-13-6-8-14(9-7-13)17(2,3)4/h6-11H,1-5H3,(H,18,19)/b12-10+,15-11-. The number of rotatable bonds is 4. The van der Waals surface area contributed by atoms with Gasteiger partial charge in [0, 0.05) is 0 Å².